The Morgan fingerprint density at radius 3 is 2.05 bits per heavy atom. The second-order valence-electron chi connectivity index (χ2n) is 6.41. The van der Waals surface area contributed by atoms with Crippen LogP contribution in [0.3, 0.4) is 0 Å². The highest BCUT2D eigenvalue weighted by Gasteiger charge is 2.51. The van der Waals surface area contributed by atoms with Gasteiger partial charge in [-0.3, -0.25) is 0 Å². The van der Waals surface area contributed by atoms with Crippen molar-refractivity contribution in [3.63, 3.8) is 0 Å². The lowest BCUT2D eigenvalue weighted by atomic mass is 9.78. The Labute approximate surface area is 121 Å². The van der Waals surface area contributed by atoms with Crippen LogP contribution in [0.2, 0.25) is 0 Å². The summed E-state index contributed by atoms with van der Waals surface area (Å²) in [6.45, 7) is 8.09. The minimum atomic E-state index is -0.438. The average molecular weight is 272 g/mol. The average Bonchev–Trinajstić information content (AvgIpc) is 2.58. The summed E-state index contributed by atoms with van der Waals surface area (Å²) in [4.78, 5) is 1.97. The van der Waals surface area contributed by atoms with Crippen molar-refractivity contribution in [1.29, 1.82) is 5.26 Å². The first-order valence-electron chi connectivity index (χ1n) is 6.74. The fourth-order valence-corrected chi connectivity index (χ4v) is 2.07. The van der Waals surface area contributed by atoms with Crippen LogP contribution in [0, 0.1) is 11.3 Å². The standard InChI is InChI=1S/C15H21BN2O2/c1-14(2)15(3,4)20-16(19-14)12-7-11(10-17)8-13(9-12)18(5)6/h7-9H,1-6H3. The van der Waals surface area contributed by atoms with Crippen LogP contribution >= 0.6 is 0 Å². The number of benzene rings is 1. The molecule has 1 aromatic carbocycles. The molecule has 1 aliphatic rings. The molecule has 2 rings (SSSR count). The van der Waals surface area contributed by atoms with E-state index < -0.39 is 7.12 Å². The van der Waals surface area contributed by atoms with Gasteiger partial charge in [0.2, 0.25) is 0 Å². The largest absolute Gasteiger partial charge is 0.494 e. The molecule has 0 amide bonds. The molecular weight excluding hydrogens is 251 g/mol. The van der Waals surface area contributed by atoms with Gasteiger partial charge in [0.25, 0.3) is 0 Å². The van der Waals surface area contributed by atoms with Gasteiger partial charge in [-0.25, -0.2) is 0 Å². The van der Waals surface area contributed by atoms with Gasteiger partial charge >= 0.3 is 7.12 Å². The van der Waals surface area contributed by atoms with Crippen LogP contribution in [-0.4, -0.2) is 32.4 Å². The first kappa shape index (κ1) is 14.9. The Balaban J connectivity index is 2.40. The highest BCUT2D eigenvalue weighted by molar-refractivity contribution is 6.62. The quantitative estimate of drug-likeness (QED) is 0.772. The smallest absolute Gasteiger partial charge is 0.399 e. The minimum Gasteiger partial charge on any atom is -0.399 e. The molecule has 4 nitrogen and oxygen atoms in total. The molecule has 5 heteroatoms. The van der Waals surface area contributed by atoms with E-state index in [2.05, 4.69) is 6.07 Å². The molecule has 1 fully saturated rings. The fourth-order valence-electron chi connectivity index (χ4n) is 2.07. The van der Waals surface area contributed by atoms with E-state index in [1.54, 1.807) is 0 Å². The monoisotopic (exact) mass is 272 g/mol. The summed E-state index contributed by atoms with van der Waals surface area (Å²) in [6, 6.07) is 7.88. The number of nitrogens with zero attached hydrogens (tertiary/aromatic N) is 2. The highest BCUT2D eigenvalue weighted by Crippen LogP contribution is 2.36. The van der Waals surface area contributed by atoms with Crippen molar-refractivity contribution < 1.29 is 9.31 Å². The number of rotatable bonds is 2. The van der Waals surface area contributed by atoms with Gasteiger partial charge in [-0.1, -0.05) is 0 Å². The van der Waals surface area contributed by atoms with E-state index in [-0.39, 0.29) is 11.2 Å². The zero-order chi connectivity index (χ0) is 15.1. The van der Waals surface area contributed by atoms with E-state index in [4.69, 9.17) is 14.6 Å². The van der Waals surface area contributed by atoms with Gasteiger partial charge in [-0.2, -0.15) is 5.26 Å². The molecule has 0 spiro atoms. The second-order valence-corrected chi connectivity index (χ2v) is 6.41. The fraction of sp³-hybridized carbons (Fsp3) is 0.533. The van der Waals surface area contributed by atoms with Crippen LogP contribution in [0.5, 0.6) is 0 Å². The molecule has 106 valence electrons. The number of nitriles is 1. The van der Waals surface area contributed by atoms with Crippen molar-refractivity contribution >= 4 is 18.3 Å². The van der Waals surface area contributed by atoms with Crippen LogP contribution in [0.4, 0.5) is 5.69 Å². The van der Waals surface area contributed by atoms with Crippen molar-refractivity contribution in [3.05, 3.63) is 23.8 Å². The lowest BCUT2D eigenvalue weighted by Gasteiger charge is -2.32. The normalized spacial score (nSPS) is 19.8. The molecule has 1 aromatic rings. The molecule has 0 unspecified atom stereocenters. The third-order valence-electron chi connectivity index (χ3n) is 4.11. The maximum Gasteiger partial charge on any atom is 0.494 e. The maximum atomic E-state index is 9.17. The lowest BCUT2D eigenvalue weighted by molar-refractivity contribution is 0.00578. The maximum absolute atomic E-state index is 9.17. The van der Waals surface area contributed by atoms with E-state index in [0.717, 1.165) is 11.2 Å². The summed E-state index contributed by atoms with van der Waals surface area (Å²) < 4.78 is 12.1. The third kappa shape index (κ3) is 2.54. The predicted molar refractivity (Wildman–Crippen MR) is 81.2 cm³/mol. The zero-order valence-corrected chi connectivity index (χ0v) is 13.0. The molecular formula is C15H21BN2O2. The lowest BCUT2D eigenvalue weighted by Crippen LogP contribution is -2.41. The van der Waals surface area contributed by atoms with Gasteiger partial charge in [-0.15, -0.1) is 0 Å². The van der Waals surface area contributed by atoms with Crippen molar-refractivity contribution in [2.45, 2.75) is 38.9 Å². The number of anilines is 1. The van der Waals surface area contributed by atoms with Gasteiger partial charge in [-0.05, 0) is 51.4 Å². The Morgan fingerprint density at radius 1 is 1.05 bits per heavy atom. The first-order valence-corrected chi connectivity index (χ1v) is 6.74. The van der Waals surface area contributed by atoms with Gasteiger partial charge in [0.1, 0.15) is 0 Å². The second kappa shape index (κ2) is 4.80. The molecule has 0 N–H and O–H groups in total. The van der Waals surface area contributed by atoms with Gasteiger partial charge < -0.3 is 14.2 Å². The van der Waals surface area contributed by atoms with Crippen molar-refractivity contribution in [3.8, 4) is 6.07 Å². The van der Waals surface area contributed by atoms with Crippen LogP contribution in [0.15, 0.2) is 18.2 Å². The van der Waals surface area contributed by atoms with Gasteiger partial charge in [0.15, 0.2) is 0 Å². The zero-order valence-electron chi connectivity index (χ0n) is 13.0. The van der Waals surface area contributed by atoms with Crippen LogP contribution in [0.1, 0.15) is 33.3 Å². The molecule has 1 aliphatic heterocycles. The molecule has 0 aromatic heterocycles. The Kier molecular flexibility index (Phi) is 3.57. The molecule has 0 atom stereocenters. The summed E-state index contributed by atoms with van der Waals surface area (Å²) >= 11 is 0. The first-order chi connectivity index (χ1) is 9.16. The molecule has 1 heterocycles. The summed E-state index contributed by atoms with van der Waals surface area (Å²) in [5.74, 6) is 0. The predicted octanol–water partition coefficient (Wildman–Crippen LogP) is 1.92. The number of hydrogen-bond acceptors (Lipinski definition) is 4. The summed E-state index contributed by atoms with van der Waals surface area (Å²) in [6.07, 6.45) is 0. The minimum absolute atomic E-state index is 0.376. The molecule has 1 saturated heterocycles. The Bertz CT molecular complexity index is 545. The van der Waals surface area contributed by atoms with Crippen molar-refractivity contribution in [2.24, 2.45) is 0 Å². The summed E-state index contributed by atoms with van der Waals surface area (Å²) in [5, 5.41) is 9.17. The van der Waals surface area contributed by atoms with Gasteiger partial charge in [0, 0.05) is 19.8 Å². The van der Waals surface area contributed by atoms with Crippen molar-refractivity contribution in [1.82, 2.24) is 0 Å². The summed E-state index contributed by atoms with van der Waals surface area (Å²) in [7, 11) is 3.46. The van der Waals surface area contributed by atoms with Crippen LogP contribution in [-0.2, 0) is 9.31 Å². The molecule has 20 heavy (non-hydrogen) atoms. The number of hydrogen-bond donors (Lipinski definition) is 0. The molecule has 0 saturated carbocycles. The van der Waals surface area contributed by atoms with E-state index in [1.165, 1.54) is 0 Å². The molecule has 0 radical (unpaired) electrons. The molecule has 0 bridgehead atoms. The van der Waals surface area contributed by atoms with E-state index in [1.807, 2.05) is 64.9 Å². The van der Waals surface area contributed by atoms with Gasteiger partial charge in [0.05, 0.1) is 22.8 Å². The molecule has 0 aliphatic carbocycles. The summed E-state index contributed by atoms with van der Waals surface area (Å²) in [5.41, 5.74) is 1.71. The van der Waals surface area contributed by atoms with Crippen molar-refractivity contribution in [2.75, 3.05) is 19.0 Å². The SMILES string of the molecule is CN(C)c1cc(C#N)cc(B2OC(C)(C)C(C)(C)O2)c1. The Morgan fingerprint density at radius 2 is 1.60 bits per heavy atom. The highest BCUT2D eigenvalue weighted by atomic mass is 16.7. The third-order valence-corrected chi connectivity index (χ3v) is 4.11. The van der Waals surface area contributed by atoms with Crippen LogP contribution < -0.4 is 10.4 Å². The van der Waals surface area contributed by atoms with E-state index in [0.29, 0.717) is 5.56 Å². The topological polar surface area (TPSA) is 45.5 Å². The van der Waals surface area contributed by atoms with Crippen LogP contribution in [0.25, 0.3) is 0 Å². The Hall–Kier alpha value is -1.51. The van der Waals surface area contributed by atoms with E-state index >= 15 is 0 Å². The van der Waals surface area contributed by atoms with E-state index in [9.17, 15) is 0 Å².